The molecular weight excluding hydrogens is 301 g/mol. The van der Waals surface area contributed by atoms with Gasteiger partial charge in [-0.05, 0) is 26.0 Å². The predicted molar refractivity (Wildman–Crippen MR) is 82.8 cm³/mol. The van der Waals surface area contributed by atoms with E-state index in [2.05, 4.69) is 15.3 Å². The van der Waals surface area contributed by atoms with Crippen molar-refractivity contribution < 1.29 is 4.79 Å². The van der Waals surface area contributed by atoms with E-state index in [-0.39, 0.29) is 30.7 Å². The van der Waals surface area contributed by atoms with Gasteiger partial charge in [0.2, 0.25) is 5.91 Å². The van der Waals surface area contributed by atoms with Crippen molar-refractivity contribution in [1.29, 1.82) is 0 Å². The molecule has 2 heterocycles. The molecule has 20 heavy (non-hydrogen) atoms. The largest absolute Gasteiger partial charge is 0.323 e. The summed E-state index contributed by atoms with van der Waals surface area (Å²) in [7, 11) is 0. The van der Waals surface area contributed by atoms with Crippen LogP contribution in [0.4, 0.5) is 5.69 Å². The number of anilines is 1. The molecule has 2 aromatic heterocycles. The molecule has 3 N–H and O–H groups in total. The molecule has 0 saturated heterocycles. The number of carbonyl (C=O) groups excluding carboxylic acids is 1. The van der Waals surface area contributed by atoms with Crippen LogP contribution >= 0.6 is 24.8 Å². The number of nitrogens with one attached hydrogen (secondary N) is 1. The first kappa shape index (κ1) is 18.4. The Kier molecular flexibility index (Phi) is 6.64. The van der Waals surface area contributed by atoms with Crippen LogP contribution < -0.4 is 11.1 Å². The van der Waals surface area contributed by atoms with Crippen molar-refractivity contribution in [2.75, 3.05) is 5.32 Å². The number of hydrogen-bond donors (Lipinski definition) is 2. The highest BCUT2D eigenvalue weighted by atomic mass is 35.5. The maximum Gasteiger partial charge on any atom is 0.243 e. The molecule has 0 radical (unpaired) electrons. The molecule has 0 aromatic carbocycles. The number of pyridine rings is 1. The number of halogens is 2. The fraction of sp³-hybridized carbons (Fsp3) is 0.250. The van der Waals surface area contributed by atoms with Crippen molar-refractivity contribution in [3.05, 3.63) is 37.1 Å². The SMILES string of the molecule is CC(C)(N)C(=O)Nc1ccc(-n2ccnc2)nc1.Cl.Cl. The van der Waals surface area contributed by atoms with Crippen LogP contribution in [-0.2, 0) is 4.79 Å². The molecule has 0 spiro atoms. The lowest BCUT2D eigenvalue weighted by Gasteiger charge is -2.17. The third-order valence-corrected chi connectivity index (χ3v) is 2.36. The highest BCUT2D eigenvalue weighted by Gasteiger charge is 2.21. The van der Waals surface area contributed by atoms with Gasteiger partial charge in [0.25, 0.3) is 0 Å². The number of rotatable bonds is 3. The van der Waals surface area contributed by atoms with Crippen LogP contribution in [0.25, 0.3) is 5.82 Å². The summed E-state index contributed by atoms with van der Waals surface area (Å²) in [6.07, 6.45) is 6.71. The van der Waals surface area contributed by atoms with Gasteiger partial charge in [0, 0.05) is 12.4 Å². The summed E-state index contributed by atoms with van der Waals surface area (Å²) in [6.45, 7) is 3.30. The smallest absolute Gasteiger partial charge is 0.243 e. The zero-order chi connectivity index (χ0) is 13.2. The number of imidazole rings is 1. The van der Waals surface area contributed by atoms with Gasteiger partial charge in [-0.15, -0.1) is 24.8 Å². The average molecular weight is 318 g/mol. The summed E-state index contributed by atoms with van der Waals surface area (Å²) in [5, 5.41) is 2.70. The Balaban J connectivity index is 0.00000180. The molecule has 0 aliphatic heterocycles. The maximum absolute atomic E-state index is 11.7. The van der Waals surface area contributed by atoms with E-state index < -0.39 is 5.54 Å². The minimum Gasteiger partial charge on any atom is -0.323 e. The second kappa shape index (κ2) is 7.23. The molecule has 0 atom stereocenters. The molecule has 110 valence electrons. The summed E-state index contributed by atoms with van der Waals surface area (Å²) in [4.78, 5) is 19.8. The lowest BCUT2D eigenvalue weighted by atomic mass is 10.1. The van der Waals surface area contributed by atoms with E-state index in [9.17, 15) is 4.79 Å². The Morgan fingerprint density at radius 2 is 2.05 bits per heavy atom. The van der Waals surface area contributed by atoms with Crippen molar-refractivity contribution in [2.45, 2.75) is 19.4 Å². The normalized spacial score (nSPS) is 10.2. The standard InChI is InChI=1S/C12H15N5O.2ClH/c1-12(2,13)11(18)16-9-3-4-10(15-7-9)17-6-5-14-8-17;;/h3-8H,13H2,1-2H3,(H,16,18);2*1H. The molecular formula is C12H17Cl2N5O. The quantitative estimate of drug-likeness (QED) is 0.903. The summed E-state index contributed by atoms with van der Waals surface area (Å²) in [5.41, 5.74) is 5.39. The molecule has 0 bridgehead atoms. The molecule has 2 aromatic rings. The van der Waals surface area contributed by atoms with Crippen LogP contribution in [0.3, 0.4) is 0 Å². The van der Waals surface area contributed by atoms with E-state index in [0.29, 0.717) is 5.69 Å². The molecule has 0 aliphatic carbocycles. The molecule has 0 saturated carbocycles. The van der Waals surface area contributed by atoms with Gasteiger partial charge in [-0.1, -0.05) is 0 Å². The summed E-state index contributed by atoms with van der Waals surface area (Å²) in [6, 6.07) is 3.56. The fourth-order valence-electron chi connectivity index (χ4n) is 1.30. The number of nitrogens with zero attached hydrogens (tertiary/aromatic N) is 3. The number of amides is 1. The van der Waals surface area contributed by atoms with Crippen molar-refractivity contribution >= 4 is 36.4 Å². The van der Waals surface area contributed by atoms with Gasteiger partial charge in [-0.25, -0.2) is 9.97 Å². The molecule has 0 fully saturated rings. The van der Waals surface area contributed by atoms with Gasteiger partial charge in [-0.2, -0.15) is 0 Å². The Bertz CT molecular complexity index is 534. The minimum atomic E-state index is -0.914. The Morgan fingerprint density at radius 3 is 2.50 bits per heavy atom. The van der Waals surface area contributed by atoms with E-state index in [0.717, 1.165) is 5.82 Å². The molecule has 6 nitrogen and oxygen atoms in total. The Labute approximate surface area is 129 Å². The highest BCUT2D eigenvalue weighted by Crippen LogP contribution is 2.11. The second-order valence-corrected chi connectivity index (χ2v) is 4.55. The number of carbonyl (C=O) groups is 1. The lowest BCUT2D eigenvalue weighted by Crippen LogP contribution is -2.45. The van der Waals surface area contributed by atoms with E-state index in [4.69, 9.17) is 5.73 Å². The van der Waals surface area contributed by atoms with Gasteiger partial charge in [-0.3, -0.25) is 9.36 Å². The molecule has 1 amide bonds. The summed E-state index contributed by atoms with van der Waals surface area (Å²) >= 11 is 0. The van der Waals surface area contributed by atoms with Crippen LogP contribution in [-0.4, -0.2) is 26.0 Å². The lowest BCUT2D eigenvalue weighted by molar-refractivity contribution is -0.120. The predicted octanol–water partition coefficient (Wildman–Crippen LogP) is 1.79. The van der Waals surface area contributed by atoms with Gasteiger partial charge in [0.15, 0.2) is 0 Å². The van der Waals surface area contributed by atoms with Crippen LogP contribution in [0.2, 0.25) is 0 Å². The summed E-state index contributed by atoms with van der Waals surface area (Å²) in [5.74, 6) is 0.484. The van der Waals surface area contributed by atoms with Crippen molar-refractivity contribution in [2.24, 2.45) is 5.73 Å². The van der Waals surface area contributed by atoms with Gasteiger partial charge in [0.05, 0.1) is 17.4 Å². The van der Waals surface area contributed by atoms with Crippen LogP contribution in [0, 0.1) is 0 Å². The van der Waals surface area contributed by atoms with Gasteiger partial charge < -0.3 is 11.1 Å². The first-order valence-corrected chi connectivity index (χ1v) is 5.51. The molecule has 8 heteroatoms. The van der Waals surface area contributed by atoms with Gasteiger partial charge in [0.1, 0.15) is 12.1 Å². The maximum atomic E-state index is 11.7. The average Bonchev–Trinajstić information content (AvgIpc) is 2.82. The molecule has 2 rings (SSSR count). The summed E-state index contributed by atoms with van der Waals surface area (Å²) < 4.78 is 1.78. The van der Waals surface area contributed by atoms with Gasteiger partial charge >= 0.3 is 0 Å². The minimum absolute atomic E-state index is 0. The number of hydrogen-bond acceptors (Lipinski definition) is 4. The second-order valence-electron chi connectivity index (χ2n) is 4.55. The van der Waals surface area contributed by atoms with Crippen molar-refractivity contribution in [3.63, 3.8) is 0 Å². The monoisotopic (exact) mass is 317 g/mol. The van der Waals surface area contributed by atoms with E-state index in [1.165, 1.54) is 0 Å². The van der Waals surface area contributed by atoms with Crippen LogP contribution in [0.1, 0.15) is 13.8 Å². The first-order chi connectivity index (χ1) is 8.47. The number of aromatic nitrogens is 3. The number of nitrogens with two attached hydrogens (primary N) is 1. The fourth-order valence-corrected chi connectivity index (χ4v) is 1.30. The van der Waals surface area contributed by atoms with Crippen LogP contribution in [0.15, 0.2) is 37.1 Å². The zero-order valence-corrected chi connectivity index (χ0v) is 12.7. The third kappa shape index (κ3) is 4.48. The van der Waals surface area contributed by atoms with E-state index in [1.807, 2.05) is 0 Å². The zero-order valence-electron chi connectivity index (χ0n) is 11.1. The molecule has 0 aliphatic rings. The van der Waals surface area contributed by atoms with E-state index >= 15 is 0 Å². The molecule has 0 unspecified atom stereocenters. The first-order valence-electron chi connectivity index (χ1n) is 5.51. The third-order valence-electron chi connectivity index (χ3n) is 2.36. The Morgan fingerprint density at radius 1 is 1.35 bits per heavy atom. The van der Waals surface area contributed by atoms with Crippen molar-refractivity contribution in [3.8, 4) is 5.82 Å². The van der Waals surface area contributed by atoms with Crippen LogP contribution in [0.5, 0.6) is 0 Å². The highest BCUT2D eigenvalue weighted by molar-refractivity contribution is 5.97. The Hall–Kier alpha value is -1.63. The topological polar surface area (TPSA) is 85.8 Å². The van der Waals surface area contributed by atoms with Crippen molar-refractivity contribution in [1.82, 2.24) is 14.5 Å². The van der Waals surface area contributed by atoms with E-state index in [1.54, 1.807) is 55.5 Å².